The van der Waals surface area contributed by atoms with Gasteiger partial charge in [-0.25, -0.2) is 0 Å². The van der Waals surface area contributed by atoms with Gasteiger partial charge in [-0.3, -0.25) is 4.79 Å². The molecule has 1 atom stereocenters. The number of methoxy groups -OCH3 is 1. The SMILES string of the molecule is COc1ccc(/C=C/C(=O)N2C[C@@H](CCl)c3c2cc(O)c2[nH]c(C)c(CN(C)C)c32)cc1. The lowest BCUT2D eigenvalue weighted by Gasteiger charge is -2.16. The summed E-state index contributed by atoms with van der Waals surface area (Å²) >= 11 is 6.36. The van der Waals surface area contributed by atoms with E-state index in [4.69, 9.17) is 16.3 Å². The molecule has 0 bridgehead atoms. The maximum atomic E-state index is 13.2. The minimum Gasteiger partial charge on any atom is -0.506 e. The molecule has 2 aromatic carbocycles. The Hall–Kier alpha value is -2.96. The molecule has 0 spiro atoms. The largest absolute Gasteiger partial charge is 0.506 e. The molecule has 0 fully saturated rings. The first kappa shape index (κ1) is 22.2. The standard InChI is InChI=1S/C25H28ClN3O3/c1-15-19(14-28(2)3)24-23-17(12-26)13-29(20(23)11-21(30)25(24)27-15)22(31)10-7-16-5-8-18(32-4)9-6-16/h5-11,17,27,30H,12-14H2,1-4H3/b10-7+/t17-/m1/s1. The summed E-state index contributed by atoms with van der Waals surface area (Å²) in [5, 5.41) is 11.8. The third-order valence-electron chi connectivity index (χ3n) is 5.95. The first-order chi connectivity index (χ1) is 15.3. The van der Waals surface area contributed by atoms with Gasteiger partial charge in [-0.15, -0.1) is 11.6 Å². The van der Waals surface area contributed by atoms with Crippen molar-refractivity contribution in [2.45, 2.75) is 19.4 Å². The third-order valence-corrected chi connectivity index (χ3v) is 6.33. The Morgan fingerprint density at radius 2 is 2.06 bits per heavy atom. The fraction of sp³-hybridized carbons (Fsp3) is 0.320. The van der Waals surface area contributed by atoms with Crippen molar-refractivity contribution in [2.75, 3.05) is 38.5 Å². The molecule has 168 valence electrons. The van der Waals surface area contributed by atoms with Crippen molar-refractivity contribution in [1.82, 2.24) is 9.88 Å². The number of ether oxygens (including phenoxy) is 1. The molecule has 7 heteroatoms. The minimum atomic E-state index is -0.144. The average Bonchev–Trinajstić information content (AvgIpc) is 3.30. The number of phenols is 1. The number of amides is 1. The average molecular weight is 454 g/mol. The molecule has 1 aromatic heterocycles. The molecule has 2 heterocycles. The van der Waals surface area contributed by atoms with Crippen LogP contribution in [0.5, 0.6) is 11.5 Å². The number of aromatic hydroxyl groups is 1. The number of rotatable bonds is 6. The molecule has 3 aromatic rings. The zero-order valence-electron chi connectivity index (χ0n) is 18.8. The predicted molar refractivity (Wildman–Crippen MR) is 130 cm³/mol. The van der Waals surface area contributed by atoms with E-state index >= 15 is 0 Å². The predicted octanol–water partition coefficient (Wildman–Crippen LogP) is 4.63. The van der Waals surface area contributed by atoms with Crippen molar-refractivity contribution < 1.29 is 14.6 Å². The Morgan fingerprint density at radius 3 is 2.69 bits per heavy atom. The molecule has 0 radical (unpaired) electrons. The van der Waals surface area contributed by atoms with E-state index in [1.165, 1.54) is 0 Å². The van der Waals surface area contributed by atoms with Gasteiger partial charge < -0.3 is 24.6 Å². The summed E-state index contributed by atoms with van der Waals surface area (Å²) in [5.41, 5.74) is 5.49. The highest BCUT2D eigenvalue weighted by Gasteiger charge is 2.35. The number of carbonyl (C=O) groups excluding carboxylic acids is 1. The maximum absolute atomic E-state index is 13.2. The van der Waals surface area contributed by atoms with Gasteiger partial charge >= 0.3 is 0 Å². The smallest absolute Gasteiger partial charge is 0.251 e. The second-order valence-corrected chi connectivity index (χ2v) is 8.76. The number of fused-ring (bicyclic) bond motifs is 3. The number of hydrogen-bond acceptors (Lipinski definition) is 4. The summed E-state index contributed by atoms with van der Waals surface area (Å²) in [7, 11) is 5.65. The summed E-state index contributed by atoms with van der Waals surface area (Å²) in [4.78, 5) is 20.3. The van der Waals surface area contributed by atoms with E-state index in [1.54, 1.807) is 30.2 Å². The molecule has 0 unspecified atom stereocenters. The van der Waals surface area contributed by atoms with E-state index < -0.39 is 0 Å². The highest BCUT2D eigenvalue weighted by molar-refractivity contribution is 6.19. The number of nitrogens with one attached hydrogen (secondary N) is 1. The molecular weight excluding hydrogens is 426 g/mol. The summed E-state index contributed by atoms with van der Waals surface area (Å²) in [5.74, 6) is 1.14. The van der Waals surface area contributed by atoms with E-state index in [2.05, 4.69) is 9.88 Å². The van der Waals surface area contributed by atoms with Gasteiger partial charge in [0.25, 0.3) is 5.91 Å². The number of phenolic OH excluding ortho intramolecular Hbond substituents is 1. The fourth-order valence-corrected chi connectivity index (χ4v) is 4.68. The second-order valence-electron chi connectivity index (χ2n) is 8.45. The van der Waals surface area contributed by atoms with Crippen molar-refractivity contribution in [1.29, 1.82) is 0 Å². The molecule has 1 amide bonds. The molecular formula is C25H28ClN3O3. The lowest BCUT2D eigenvalue weighted by atomic mass is 9.95. The van der Waals surface area contributed by atoms with Gasteiger partial charge in [-0.05, 0) is 55.9 Å². The normalized spacial score (nSPS) is 15.8. The third kappa shape index (κ3) is 3.96. The topological polar surface area (TPSA) is 68.8 Å². The lowest BCUT2D eigenvalue weighted by Crippen LogP contribution is -2.28. The van der Waals surface area contributed by atoms with Crippen LogP contribution in [-0.2, 0) is 11.3 Å². The molecule has 6 nitrogen and oxygen atoms in total. The monoisotopic (exact) mass is 453 g/mol. The van der Waals surface area contributed by atoms with Crippen LogP contribution >= 0.6 is 11.6 Å². The fourth-order valence-electron chi connectivity index (χ4n) is 4.43. The van der Waals surface area contributed by atoms with E-state index in [0.717, 1.165) is 45.8 Å². The Kier molecular flexibility index (Phi) is 6.17. The van der Waals surface area contributed by atoms with Crippen LogP contribution in [0, 0.1) is 6.92 Å². The maximum Gasteiger partial charge on any atom is 0.251 e. The van der Waals surface area contributed by atoms with Crippen LogP contribution in [-0.4, -0.2) is 54.5 Å². The number of alkyl halides is 1. The Morgan fingerprint density at radius 1 is 1.34 bits per heavy atom. The van der Waals surface area contributed by atoms with Crippen LogP contribution in [0.15, 0.2) is 36.4 Å². The van der Waals surface area contributed by atoms with Crippen LogP contribution in [0.1, 0.15) is 28.3 Å². The Balaban J connectivity index is 1.75. The number of halogens is 1. The van der Waals surface area contributed by atoms with Gasteiger partial charge in [-0.2, -0.15) is 0 Å². The van der Waals surface area contributed by atoms with Crippen LogP contribution in [0.4, 0.5) is 5.69 Å². The highest BCUT2D eigenvalue weighted by Crippen LogP contribution is 2.47. The highest BCUT2D eigenvalue weighted by atomic mass is 35.5. The zero-order valence-corrected chi connectivity index (χ0v) is 19.5. The Labute approximate surface area is 193 Å². The first-order valence-electron chi connectivity index (χ1n) is 10.5. The molecule has 0 saturated carbocycles. The van der Waals surface area contributed by atoms with Gasteiger partial charge in [0.2, 0.25) is 0 Å². The van der Waals surface area contributed by atoms with Crippen molar-refractivity contribution in [2.24, 2.45) is 0 Å². The molecule has 1 aliphatic rings. The summed E-state index contributed by atoms with van der Waals surface area (Å²) in [6.45, 7) is 3.21. The summed E-state index contributed by atoms with van der Waals surface area (Å²) in [6, 6.07) is 9.18. The number of nitrogens with zero attached hydrogens (tertiary/aromatic N) is 2. The molecule has 32 heavy (non-hydrogen) atoms. The van der Waals surface area contributed by atoms with Crippen LogP contribution < -0.4 is 9.64 Å². The van der Waals surface area contributed by atoms with Gasteiger partial charge in [-0.1, -0.05) is 12.1 Å². The summed E-state index contributed by atoms with van der Waals surface area (Å²) in [6.07, 6.45) is 3.35. The zero-order chi connectivity index (χ0) is 23.0. The number of carbonyl (C=O) groups is 1. The van der Waals surface area contributed by atoms with E-state index in [0.29, 0.717) is 17.9 Å². The van der Waals surface area contributed by atoms with Crippen LogP contribution in [0.25, 0.3) is 17.0 Å². The number of aromatic amines is 1. The second kappa shape index (κ2) is 8.88. The molecule has 4 rings (SSSR count). The number of benzene rings is 2. The molecule has 2 N–H and O–H groups in total. The molecule has 1 aliphatic heterocycles. The van der Waals surface area contributed by atoms with Crippen molar-refractivity contribution >= 4 is 40.2 Å². The quantitative estimate of drug-likeness (QED) is 0.421. The summed E-state index contributed by atoms with van der Waals surface area (Å²) < 4.78 is 5.18. The Bertz CT molecular complexity index is 1180. The number of H-pyrrole nitrogens is 1. The number of anilines is 1. The van der Waals surface area contributed by atoms with Gasteiger partial charge in [0.05, 0.1) is 18.3 Å². The minimum absolute atomic E-state index is 0.00999. The lowest BCUT2D eigenvalue weighted by molar-refractivity contribution is -0.114. The van der Waals surface area contributed by atoms with E-state index in [-0.39, 0.29) is 17.6 Å². The molecule has 0 aliphatic carbocycles. The van der Waals surface area contributed by atoms with Crippen LogP contribution in [0.3, 0.4) is 0 Å². The number of aromatic nitrogens is 1. The van der Waals surface area contributed by atoms with Gasteiger partial charge in [0, 0.05) is 48.1 Å². The molecule has 0 saturated heterocycles. The number of aryl methyl sites for hydroxylation is 1. The number of hydrogen-bond donors (Lipinski definition) is 2. The van der Waals surface area contributed by atoms with E-state index in [1.807, 2.05) is 45.3 Å². The van der Waals surface area contributed by atoms with Crippen molar-refractivity contribution in [3.63, 3.8) is 0 Å². The first-order valence-corrected chi connectivity index (χ1v) is 11.1. The van der Waals surface area contributed by atoms with Gasteiger partial charge in [0.1, 0.15) is 11.5 Å². The van der Waals surface area contributed by atoms with Crippen molar-refractivity contribution in [3.05, 3.63) is 58.8 Å². The van der Waals surface area contributed by atoms with Crippen LogP contribution in [0.2, 0.25) is 0 Å². The van der Waals surface area contributed by atoms with Crippen molar-refractivity contribution in [3.8, 4) is 11.5 Å². The van der Waals surface area contributed by atoms with E-state index in [9.17, 15) is 9.90 Å². The van der Waals surface area contributed by atoms with Gasteiger partial charge in [0.15, 0.2) is 0 Å².